The van der Waals surface area contributed by atoms with Crippen LogP contribution in [0.25, 0.3) is 0 Å². The van der Waals surface area contributed by atoms with Gasteiger partial charge in [0.05, 0.1) is 12.2 Å². The van der Waals surface area contributed by atoms with Gasteiger partial charge in [-0.2, -0.15) is 0 Å². The summed E-state index contributed by atoms with van der Waals surface area (Å²) in [5.41, 5.74) is 2.93. The molecule has 22 heavy (non-hydrogen) atoms. The van der Waals surface area contributed by atoms with Gasteiger partial charge in [-0.15, -0.1) is 0 Å². The molecule has 1 fully saturated rings. The molecule has 0 saturated heterocycles. The summed E-state index contributed by atoms with van der Waals surface area (Å²) in [6, 6.07) is 6.04. The number of aliphatic hydroxyl groups is 3. The third-order valence-electron chi connectivity index (χ3n) is 6.41. The first-order valence-corrected chi connectivity index (χ1v) is 8.43. The van der Waals surface area contributed by atoms with Crippen molar-refractivity contribution >= 4 is 0 Å². The highest BCUT2D eigenvalue weighted by molar-refractivity contribution is 5.43. The molecule has 2 unspecified atom stereocenters. The monoisotopic (exact) mass is 304 g/mol. The summed E-state index contributed by atoms with van der Waals surface area (Å²) in [7, 11) is 0. The van der Waals surface area contributed by atoms with E-state index in [2.05, 4.69) is 19.9 Å². The normalized spacial score (nSPS) is 39.0. The molecule has 0 heterocycles. The van der Waals surface area contributed by atoms with E-state index in [0.717, 1.165) is 30.4 Å². The summed E-state index contributed by atoms with van der Waals surface area (Å²) in [5, 5.41) is 30.4. The Morgan fingerprint density at radius 3 is 2.64 bits per heavy atom. The number of rotatable bonds is 2. The Kier molecular flexibility index (Phi) is 3.87. The molecule has 3 heteroatoms. The lowest BCUT2D eigenvalue weighted by Gasteiger charge is -2.56. The first kappa shape index (κ1) is 16.0. The lowest BCUT2D eigenvalue weighted by atomic mass is 9.49. The fourth-order valence-corrected chi connectivity index (χ4v) is 5.02. The van der Waals surface area contributed by atoms with E-state index in [-0.39, 0.29) is 17.4 Å². The van der Waals surface area contributed by atoms with Gasteiger partial charge in [-0.25, -0.2) is 0 Å². The van der Waals surface area contributed by atoms with Gasteiger partial charge in [0.15, 0.2) is 0 Å². The molecule has 1 aromatic rings. The molecular weight excluding hydrogens is 276 g/mol. The molecule has 0 aliphatic heterocycles. The van der Waals surface area contributed by atoms with Crippen LogP contribution in [0.1, 0.15) is 75.4 Å². The molecule has 0 aromatic heterocycles. The van der Waals surface area contributed by atoms with Crippen molar-refractivity contribution in [2.45, 2.75) is 64.1 Å². The van der Waals surface area contributed by atoms with Crippen LogP contribution in [0.5, 0.6) is 0 Å². The molecule has 1 aromatic carbocycles. The minimum Gasteiger partial charge on any atom is -0.396 e. The molecule has 122 valence electrons. The lowest BCUT2D eigenvalue weighted by molar-refractivity contribution is -0.0463. The van der Waals surface area contributed by atoms with E-state index in [0.29, 0.717) is 12.3 Å². The first-order chi connectivity index (χ1) is 10.3. The van der Waals surface area contributed by atoms with Crippen molar-refractivity contribution in [3.05, 3.63) is 34.9 Å². The second-order valence-electron chi connectivity index (χ2n) is 7.91. The number of hydrogen-bond acceptors (Lipinski definition) is 3. The van der Waals surface area contributed by atoms with Gasteiger partial charge in [-0.05, 0) is 59.6 Å². The van der Waals surface area contributed by atoms with Crippen molar-refractivity contribution in [3.63, 3.8) is 0 Å². The maximum atomic E-state index is 10.7. The molecular formula is C19H28O3. The predicted octanol–water partition coefficient (Wildman–Crippen LogP) is 3.23. The van der Waals surface area contributed by atoms with Crippen LogP contribution >= 0.6 is 0 Å². The Morgan fingerprint density at radius 1 is 1.27 bits per heavy atom. The zero-order valence-electron chi connectivity index (χ0n) is 13.8. The van der Waals surface area contributed by atoms with Crippen molar-refractivity contribution in [2.24, 2.45) is 11.3 Å². The molecule has 0 radical (unpaired) electrons. The summed E-state index contributed by atoms with van der Waals surface area (Å²) in [4.78, 5) is 0. The van der Waals surface area contributed by atoms with Crippen LogP contribution in [-0.2, 0) is 5.41 Å². The minimum atomic E-state index is -0.517. The van der Waals surface area contributed by atoms with Crippen LogP contribution in [-0.4, -0.2) is 21.9 Å². The largest absolute Gasteiger partial charge is 0.396 e. The summed E-state index contributed by atoms with van der Waals surface area (Å²) in [6.45, 7) is 6.39. The van der Waals surface area contributed by atoms with Gasteiger partial charge in [0.1, 0.15) is 0 Å². The number of fused-ring (bicyclic) bond motifs is 3. The Bertz CT molecular complexity index is 568. The smallest absolute Gasteiger partial charge is 0.0796 e. The SMILES string of the molecule is CC(O)c1ccc2c(c1)C(O)C[C@H]1[C@](C)(CO)CCC[C@]21C. The van der Waals surface area contributed by atoms with Crippen LogP contribution in [0.15, 0.2) is 18.2 Å². The first-order valence-electron chi connectivity index (χ1n) is 8.43. The van der Waals surface area contributed by atoms with E-state index in [4.69, 9.17) is 0 Å². The van der Waals surface area contributed by atoms with E-state index in [1.54, 1.807) is 6.92 Å². The fraction of sp³-hybridized carbons (Fsp3) is 0.684. The maximum absolute atomic E-state index is 10.7. The molecule has 0 bridgehead atoms. The second kappa shape index (κ2) is 5.33. The Balaban J connectivity index is 2.11. The van der Waals surface area contributed by atoms with Crippen LogP contribution in [0.2, 0.25) is 0 Å². The van der Waals surface area contributed by atoms with Crippen molar-refractivity contribution in [1.82, 2.24) is 0 Å². The summed E-state index contributed by atoms with van der Waals surface area (Å²) in [6.07, 6.45) is 2.91. The van der Waals surface area contributed by atoms with E-state index < -0.39 is 12.2 Å². The molecule has 1 saturated carbocycles. The second-order valence-corrected chi connectivity index (χ2v) is 7.91. The average molecular weight is 304 g/mol. The maximum Gasteiger partial charge on any atom is 0.0796 e. The van der Waals surface area contributed by atoms with Crippen LogP contribution in [0.3, 0.4) is 0 Å². The molecule has 0 spiro atoms. The van der Waals surface area contributed by atoms with Gasteiger partial charge in [-0.3, -0.25) is 0 Å². The lowest BCUT2D eigenvalue weighted by Crippen LogP contribution is -2.51. The van der Waals surface area contributed by atoms with Gasteiger partial charge >= 0.3 is 0 Å². The Hall–Kier alpha value is -0.900. The fourth-order valence-electron chi connectivity index (χ4n) is 5.02. The van der Waals surface area contributed by atoms with E-state index >= 15 is 0 Å². The van der Waals surface area contributed by atoms with Gasteiger partial charge in [0.25, 0.3) is 0 Å². The van der Waals surface area contributed by atoms with Gasteiger partial charge in [0.2, 0.25) is 0 Å². The van der Waals surface area contributed by atoms with E-state index in [1.807, 2.05) is 12.1 Å². The van der Waals surface area contributed by atoms with Crippen LogP contribution in [0, 0.1) is 11.3 Å². The highest BCUT2D eigenvalue weighted by Crippen LogP contribution is 2.59. The van der Waals surface area contributed by atoms with Crippen molar-refractivity contribution in [2.75, 3.05) is 6.61 Å². The molecule has 3 nitrogen and oxygen atoms in total. The quantitative estimate of drug-likeness (QED) is 0.786. The summed E-state index contributed by atoms with van der Waals surface area (Å²) in [5.74, 6) is 0.290. The number of hydrogen-bond donors (Lipinski definition) is 3. The zero-order valence-corrected chi connectivity index (χ0v) is 13.8. The molecule has 0 amide bonds. The van der Waals surface area contributed by atoms with Crippen molar-refractivity contribution in [1.29, 1.82) is 0 Å². The number of benzene rings is 1. The van der Waals surface area contributed by atoms with Crippen molar-refractivity contribution in [3.8, 4) is 0 Å². The average Bonchev–Trinajstić information content (AvgIpc) is 2.49. The predicted molar refractivity (Wildman–Crippen MR) is 86.5 cm³/mol. The summed E-state index contributed by atoms with van der Waals surface area (Å²) < 4.78 is 0. The van der Waals surface area contributed by atoms with Crippen LogP contribution < -0.4 is 0 Å². The third kappa shape index (κ3) is 2.22. The molecule has 2 aliphatic rings. The summed E-state index contributed by atoms with van der Waals surface area (Å²) >= 11 is 0. The number of aliphatic hydroxyl groups excluding tert-OH is 3. The van der Waals surface area contributed by atoms with Crippen LogP contribution in [0.4, 0.5) is 0 Å². The molecule has 5 atom stereocenters. The van der Waals surface area contributed by atoms with Crippen molar-refractivity contribution < 1.29 is 15.3 Å². The van der Waals surface area contributed by atoms with Gasteiger partial charge in [-0.1, -0.05) is 38.5 Å². The highest BCUT2D eigenvalue weighted by Gasteiger charge is 2.53. The molecule has 2 aliphatic carbocycles. The third-order valence-corrected chi connectivity index (χ3v) is 6.41. The zero-order chi connectivity index (χ0) is 16.1. The van der Waals surface area contributed by atoms with E-state index in [9.17, 15) is 15.3 Å². The molecule has 3 rings (SSSR count). The minimum absolute atomic E-state index is 0.00151. The topological polar surface area (TPSA) is 60.7 Å². The highest BCUT2D eigenvalue weighted by atomic mass is 16.3. The van der Waals surface area contributed by atoms with Gasteiger partial charge < -0.3 is 15.3 Å². The standard InChI is InChI=1S/C19H28O3/c1-12(21)13-5-6-15-14(9-13)16(22)10-17-18(2,11-20)7-4-8-19(15,17)3/h5-6,9,12,16-17,20-22H,4,7-8,10-11H2,1-3H3/t12?,16?,17-,18-,19+/m0/s1. The van der Waals surface area contributed by atoms with Gasteiger partial charge in [0, 0.05) is 6.61 Å². The molecule has 3 N–H and O–H groups in total. The van der Waals surface area contributed by atoms with E-state index in [1.165, 1.54) is 5.56 Å². The Morgan fingerprint density at radius 2 is 2.00 bits per heavy atom. The Labute approximate surface area is 133 Å².